The summed E-state index contributed by atoms with van der Waals surface area (Å²) in [5.74, 6) is -1.61. The van der Waals surface area contributed by atoms with Crippen LogP contribution < -0.4 is 16.0 Å². The Morgan fingerprint density at radius 1 is 0.867 bits per heavy atom. The first kappa shape index (κ1) is 33.6. The fourth-order valence-corrected chi connectivity index (χ4v) is 5.31. The van der Waals surface area contributed by atoms with Gasteiger partial charge in [-0.3, -0.25) is 14.4 Å². The van der Waals surface area contributed by atoms with Crippen LogP contribution in [0.3, 0.4) is 0 Å². The molecule has 0 heterocycles. The molecule has 0 aromatic heterocycles. The maximum Gasteiger partial charge on any atom is 0.416 e. The Labute approximate surface area is 272 Å². The summed E-state index contributed by atoms with van der Waals surface area (Å²) in [5, 5.41) is 7.73. The normalized spacial score (nSPS) is 12.3. The predicted molar refractivity (Wildman–Crippen MR) is 173 cm³/mol. The summed E-state index contributed by atoms with van der Waals surface area (Å²) in [7, 11) is 0. The number of amides is 3. The SMILES string of the molecule is CCC(Sc1cccc(NC(=O)/C(=C/c2ccc(Cl)cc2)NC(=O)c2ccccc2)c1)C(=O)Nc1cc(C(F)(F)F)ccc1Cl. The number of rotatable bonds is 10. The van der Waals surface area contributed by atoms with E-state index in [0.717, 1.165) is 18.2 Å². The Hall–Kier alpha value is -4.25. The van der Waals surface area contributed by atoms with Crippen LogP contribution in [-0.2, 0) is 15.8 Å². The molecule has 1 atom stereocenters. The van der Waals surface area contributed by atoms with Crippen molar-refractivity contribution in [1.29, 1.82) is 0 Å². The van der Waals surface area contributed by atoms with Crippen molar-refractivity contribution in [2.75, 3.05) is 10.6 Å². The first-order valence-corrected chi connectivity index (χ1v) is 15.2. The molecule has 0 fully saturated rings. The second-order valence-corrected chi connectivity index (χ2v) is 11.7. The topological polar surface area (TPSA) is 87.3 Å². The van der Waals surface area contributed by atoms with Crippen molar-refractivity contribution in [2.24, 2.45) is 0 Å². The van der Waals surface area contributed by atoms with Crippen molar-refractivity contribution in [3.05, 3.63) is 129 Å². The van der Waals surface area contributed by atoms with Crippen LogP contribution in [-0.4, -0.2) is 23.0 Å². The van der Waals surface area contributed by atoms with Gasteiger partial charge in [-0.05, 0) is 78.7 Å². The number of carbonyl (C=O) groups is 3. The molecule has 4 rings (SSSR count). The van der Waals surface area contributed by atoms with Gasteiger partial charge in [-0.25, -0.2) is 0 Å². The molecular weight excluding hydrogens is 646 g/mol. The van der Waals surface area contributed by atoms with Crippen molar-refractivity contribution < 1.29 is 27.6 Å². The number of halogens is 5. The number of anilines is 2. The van der Waals surface area contributed by atoms with Gasteiger partial charge in [0.2, 0.25) is 5.91 Å². The third kappa shape index (κ3) is 9.62. The molecular formula is C33H26Cl2F3N3O3S. The van der Waals surface area contributed by atoms with E-state index in [-0.39, 0.29) is 16.4 Å². The molecule has 1 unspecified atom stereocenters. The van der Waals surface area contributed by atoms with Crippen LogP contribution in [0.25, 0.3) is 6.08 Å². The van der Waals surface area contributed by atoms with E-state index in [0.29, 0.717) is 33.2 Å². The third-order valence-corrected chi connectivity index (χ3v) is 8.23. The van der Waals surface area contributed by atoms with Crippen molar-refractivity contribution in [1.82, 2.24) is 5.32 Å². The summed E-state index contributed by atoms with van der Waals surface area (Å²) in [5.41, 5.74) is 0.274. The van der Waals surface area contributed by atoms with Gasteiger partial charge in [0, 0.05) is 21.2 Å². The summed E-state index contributed by atoms with van der Waals surface area (Å²) in [6, 6.07) is 24.5. The number of benzene rings is 4. The minimum Gasteiger partial charge on any atom is -0.324 e. The molecule has 45 heavy (non-hydrogen) atoms. The van der Waals surface area contributed by atoms with Gasteiger partial charge < -0.3 is 16.0 Å². The van der Waals surface area contributed by atoms with Gasteiger partial charge in [0.25, 0.3) is 11.8 Å². The summed E-state index contributed by atoms with van der Waals surface area (Å²) >= 11 is 13.2. The number of hydrogen-bond donors (Lipinski definition) is 3. The Morgan fingerprint density at radius 3 is 2.24 bits per heavy atom. The molecule has 3 N–H and O–H groups in total. The maximum atomic E-state index is 13.4. The average molecular weight is 673 g/mol. The van der Waals surface area contributed by atoms with Gasteiger partial charge in [0.1, 0.15) is 5.70 Å². The van der Waals surface area contributed by atoms with E-state index >= 15 is 0 Å². The fraction of sp³-hybridized carbons (Fsp3) is 0.121. The molecule has 0 saturated heterocycles. The number of nitrogens with one attached hydrogen (secondary N) is 3. The zero-order chi connectivity index (χ0) is 32.6. The average Bonchev–Trinajstić information content (AvgIpc) is 3.01. The van der Waals surface area contributed by atoms with Gasteiger partial charge in [0.05, 0.1) is 21.5 Å². The summed E-state index contributed by atoms with van der Waals surface area (Å²) < 4.78 is 39.5. The number of thioether (sulfide) groups is 1. The Kier molecular flexibility index (Phi) is 11.3. The lowest BCUT2D eigenvalue weighted by molar-refractivity contribution is -0.137. The minimum absolute atomic E-state index is 0.0204. The Balaban J connectivity index is 1.50. The molecule has 0 aliphatic rings. The number of hydrogen-bond acceptors (Lipinski definition) is 4. The van der Waals surface area contributed by atoms with Crippen molar-refractivity contribution >= 4 is 70.1 Å². The zero-order valence-electron chi connectivity index (χ0n) is 23.6. The molecule has 4 aromatic carbocycles. The number of carbonyl (C=O) groups excluding carboxylic acids is 3. The molecule has 12 heteroatoms. The minimum atomic E-state index is -4.60. The first-order chi connectivity index (χ1) is 21.4. The van der Waals surface area contributed by atoms with Crippen molar-refractivity contribution in [3.63, 3.8) is 0 Å². The standard InChI is InChI=1S/C33H26Cl2F3N3O3S/c1-2-29(32(44)40-27-18-22(33(36,37)38)13-16-26(27)35)45-25-10-6-9-24(19-25)39-31(43)28(17-20-11-14-23(34)15-12-20)41-30(42)21-7-4-3-5-8-21/h3-19,29H,2H2,1H3,(H,39,43)(H,40,44)(H,41,42)/b28-17-. The van der Waals surface area contributed by atoms with Crippen molar-refractivity contribution in [3.8, 4) is 0 Å². The highest BCUT2D eigenvalue weighted by molar-refractivity contribution is 8.00. The van der Waals surface area contributed by atoms with Crippen LogP contribution in [0.5, 0.6) is 0 Å². The predicted octanol–water partition coefficient (Wildman–Crippen LogP) is 8.93. The molecule has 0 bridgehead atoms. The molecule has 0 saturated carbocycles. The van der Waals surface area contributed by atoms with E-state index in [1.807, 2.05) is 0 Å². The maximum absolute atomic E-state index is 13.4. The van der Waals surface area contributed by atoms with Crippen LogP contribution in [0.4, 0.5) is 24.5 Å². The fourth-order valence-electron chi connectivity index (χ4n) is 4.01. The van der Waals surface area contributed by atoms with Crippen LogP contribution >= 0.6 is 35.0 Å². The van der Waals surface area contributed by atoms with E-state index in [4.69, 9.17) is 23.2 Å². The highest BCUT2D eigenvalue weighted by Gasteiger charge is 2.31. The van der Waals surface area contributed by atoms with Gasteiger partial charge in [0.15, 0.2) is 0 Å². The summed E-state index contributed by atoms with van der Waals surface area (Å²) in [4.78, 5) is 39.9. The van der Waals surface area contributed by atoms with Gasteiger partial charge in [-0.2, -0.15) is 13.2 Å². The molecule has 4 aromatic rings. The van der Waals surface area contributed by atoms with Crippen LogP contribution in [0, 0.1) is 0 Å². The van der Waals surface area contributed by atoms with Crippen LogP contribution in [0.15, 0.2) is 108 Å². The molecule has 0 aliphatic heterocycles. The van der Waals surface area contributed by atoms with E-state index < -0.39 is 34.7 Å². The van der Waals surface area contributed by atoms with Gasteiger partial charge in [-0.15, -0.1) is 11.8 Å². The lowest BCUT2D eigenvalue weighted by Gasteiger charge is -2.17. The summed E-state index contributed by atoms with van der Waals surface area (Å²) in [6.07, 6.45) is -2.73. The zero-order valence-corrected chi connectivity index (χ0v) is 26.0. The molecule has 0 aliphatic carbocycles. The summed E-state index contributed by atoms with van der Waals surface area (Å²) in [6.45, 7) is 1.76. The van der Waals surface area contributed by atoms with Gasteiger partial charge in [-0.1, -0.05) is 66.5 Å². The first-order valence-electron chi connectivity index (χ1n) is 13.5. The largest absolute Gasteiger partial charge is 0.416 e. The molecule has 3 amide bonds. The number of alkyl halides is 3. The quantitative estimate of drug-likeness (QED) is 0.116. The van der Waals surface area contributed by atoms with Crippen molar-refractivity contribution in [2.45, 2.75) is 29.7 Å². The Morgan fingerprint density at radius 2 is 1.58 bits per heavy atom. The van der Waals surface area contributed by atoms with E-state index in [2.05, 4.69) is 16.0 Å². The second-order valence-electron chi connectivity index (χ2n) is 9.61. The monoisotopic (exact) mass is 671 g/mol. The second kappa shape index (κ2) is 15.2. The van der Waals surface area contributed by atoms with E-state index in [1.165, 1.54) is 17.8 Å². The highest BCUT2D eigenvalue weighted by Crippen LogP contribution is 2.35. The Bertz CT molecular complexity index is 1720. The lowest BCUT2D eigenvalue weighted by atomic mass is 10.1. The molecule has 0 spiro atoms. The smallest absolute Gasteiger partial charge is 0.324 e. The lowest BCUT2D eigenvalue weighted by Crippen LogP contribution is -2.30. The van der Waals surface area contributed by atoms with Crippen LogP contribution in [0.2, 0.25) is 10.0 Å². The molecule has 6 nitrogen and oxygen atoms in total. The molecule has 0 radical (unpaired) electrons. The molecule has 232 valence electrons. The van der Waals surface area contributed by atoms with E-state index in [1.54, 1.807) is 85.8 Å². The third-order valence-electron chi connectivity index (χ3n) is 6.29. The van der Waals surface area contributed by atoms with Crippen LogP contribution in [0.1, 0.15) is 34.8 Å². The highest BCUT2D eigenvalue weighted by atomic mass is 35.5. The van der Waals surface area contributed by atoms with Gasteiger partial charge >= 0.3 is 6.18 Å². The van der Waals surface area contributed by atoms with E-state index in [9.17, 15) is 27.6 Å².